The van der Waals surface area contributed by atoms with Crippen LogP contribution < -0.4 is 10.1 Å². The minimum Gasteiger partial charge on any atom is -0.481 e. The third kappa shape index (κ3) is 2.61. The number of ether oxygens (including phenoxy) is 1. The standard InChI is InChI=1S/C11H15ClN2O/c1-15-11-8(4-5-10(12)14-11)7-9-3-2-6-13-9/h4-5,9,13H,2-3,6-7H2,1H3. The van der Waals surface area contributed by atoms with E-state index < -0.39 is 0 Å². The second-order valence-electron chi connectivity index (χ2n) is 3.80. The number of hydrogen-bond acceptors (Lipinski definition) is 3. The topological polar surface area (TPSA) is 34.1 Å². The molecule has 0 radical (unpaired) electrons. The summed E-state index contributed by atoms with van der Waals surface area (Å²) in [4.78, 5) is 4.15. The molecular formula is C11H15ClN2O. The lowest BCUT2D eigenvalue weighted by molar-refractivity contribution is 0.390. The molecule has 2 rings (SSSR count). The third-order valence-electron chi connectivity index (χ3n) is 2.73. The van der Waals surface area contributed by atoms with Crippen LogP contribution in [0, 0.1) is 0 Å². The molecule has 1 aromatic heterocycles. The maximum absolute atomic E-state index is 5.81. The van der Waals surface area contributed by atoms with Gasteiger partial charge in [0.1, 0.15) is 5.15 Å². The Morgan fingerprint density at radius 2 is 2.47 bits per heavy atom. The van der Waals surface area contributed by atoms with Gasteiger partial charge in [-0.05, 0) is 31.9 Å². The first kappa shape index (κ1) is 10.7. The number of aromatic nitrogens is 1. The molecule has 1 aliphatic heterocycles. The summed E-state index contributed by atoms with van der Waals surface area (Å²) in [7, 11) is 1.63. The van der Waals surface area contributed by atoms with Gasteiger partial charge >= 0.3 is 0 Å². The van der Waals surface area contributed by atoms with Crippen molar-refractivity contribution in [2.75, 3.05) is 13.7 Å². The van der Waals surface area contributed by atoms with Crippen LogP contribution in [0.1, 0.15) is 18.4 Å². The Hall–Kier alpha value is -0.800. The number of nitrogens with zero attached hydrogens (tertiary/aromatic N) is 1. The molecule has 0 aliphatic carbocycles. The Kier molecular flexibility index (Phi) is 3.44. The molecule has 82 valence electrons. The SMILES string of the molecule is COc1nc(Cl)ccc1CC1CCCN1. The lowest BCUT2D eigenvalue weighted by atomic mass is 10.1. The first-order valence-corrected chi connectivity index (χ1v) is 5.60. The molecular weight excluding hydrogens is 212 g/mol. The Morgan fingerprint density at radius 3 is 3.13 bits per heavy atom. The molecule has 4 heteroatoms. The Morgan fingerprint density at radius 1 is 1.60 bits per heavy atom. The fraction of sp³-hybridized carbons (Fsp3) is 0.545. The molecule has 1 aliphatic rings. The van der Waals surface area contributed by atoms with E-state index >= 15 is 0 Å². The maximum Gasteiger partial charge on any atom is 0.217 e. The van der Waals surface area contributed by atoms with Gasteiger partial charge in [-0.2, -0.15) is 0 Å². The van der Waals surface area contributed by atoms with E-state index in [0.717, 1.165) is 18.5 Å². The van der Waals surface area contributed by atoms with E-state index in [1.54, 1.807) is 7.11 Å². The average molecular weight is 227 g/mol. The van der Waals surface area contributed by atoms with Crippen molar-refractivity contribution < 1.29 is 4.74 Å². The first-order chi connectivity index (χ1) is 7.29. The zero-order valence-electron chi connectivity index (χ0n) is 8.79. The lowest BCUT2D eigenvalue weighted by Gasteiger charge is -2.12. The van der Waals surface area contributed by atoms with E-state index in [1.807, 2.05) is 12.1 Å². The molecule has 15 heavy (non-hydrogen) atoms. The van der Waals surface area contributed by atoms with Crippen LogP contribution in [-0.4, -0.2) is 24.7 Å². The van der Waals surface area contributed by atoms with Crippen LogP contribution in [-0.2, 0) is 6.42 Å². The van der Waals surface area contributed by atoms with Crippen LogP contribution >= 0.6 is 11.6 Å². The molecule has 1 saturated heterocycles. The van der Waals surface area contributed by atoms with E-state index in [-0.39, 0.29) is 0 Å². The van der Waals surface area contributed by atoms with E-state index in [2.05, 4.69) is 10.3 Å². The van der Waals surface area contributed by atoms with Crippen molar-refractivity contribution in [3.05, 3.63) is 22.8 Å². The highest BCUT2D eigenvalue weighted by atomic mass is 35.5. The highest BCUT2D eigenvalue weighted by molar-refractivity contribution is 6.29. The van der Waals surface area contributed by atoms with Crippen LogP contribution in [0.2, 0.25) is 5.15 Å². The summed E-state index contributed by atoms with van der Waals surface area (Å²) in [5, 5.41) is 3.94. The van der Waals surface area contributed by atoms with E-state index in [0.29, 0.717) is 17.1 Å². The Bertz CT molecular complexity index is 337. The molecule has 0 bridgehead atoms. The number of hydrogen-bond donors (Lipinski definition) is 1. The van der Waals surface area contributed by atoms with Crippen molar-refractivity contribution in [1.29, 1.82) is 0 Å². The molecule has 0 spiro atoms. The van der Waals surface area contributed by atoms with Crippen LogP contribution in [0.25, 0.3) is 0 Å². The van der Waals surface area contributed by atoms with Crippen molar-refractivity contribution in [3.8, 4) is 5.88 Å². The first-order valence-electron chi connectivity index (χ1n) is 5.22. The van der Waals surface area contributed by atoms with Gasteiger partial charge in [0.05, 0.1) is 7.11 Å². The predicted molar refractivity (Wildman–Crippen MR) is 60.5 cm³/mol. The van der Waals surface area contributed by atoms with Gasteiger partial charge in [0, 0.05) is 11.6 Å². The van der Waals surface area contributed by atoms with E-state index in [1.165, 1.54) is 12.8 Å². The molecule has 0 saturated carbocycles. The summed E-state index contributed by atoms with van der Waals surface area (Å²) in [5.74, 6) is 0.649. The molecule has 0 amide bonds. The van der Waals surface area contributed by atoms with E-state index in [4.69, 9.17) is 16.3 Å². The van der Waals surface area contributed by atoms with Crippen LogP contribution in [0.15, 0.2) is 12.1 Å². The molecule has 1 atom stereocenters. The minimum atomic E-state index is 0.481. The van der Waals surface area contributed by atoms with Gasteiger partial charge in [0.15, 0.2) is 0 Å². The summed E-state index contributed by atoms with van der Waals surface area (Å²) in [6.07, 6.45) is 3.45. The largest absolute Gasteiger partial charge is 0.481 e. The molecule has 1 aromatic rings. The van der Waals surface area contributed by atoms with Gasteiger partial charge in [-0.15, -0.1) is 0 Å². The highest BCUT2D eigenvalue weighted by Gasteiger charge is 2.17. The smallest absolute Gasteiger partial charge is 0.217 e. The Balaban J connectivity index is 2.12. The zero-order chi connectivity index (χ0) is 10.7. The number of rotatable bonds is 3. The fourth-order valence-corrected chi connectivity index (χ4v) is 2.11. The average Bonchev–Trinajstić information content (AvgIpc) is 2.73. The molecule has 1 N–H and O–H groups in total. The van der Waals surface area contributed by atoms with Gasteiger partial charge in [0.25, 0.3) is 0 Å². The summed E-state index contributed by atoms with van der Waals surface area (Å²) < 4.78 is 5.21. The number of methoxy groups -OCH3 is 1. The molecule has 1 unspecified atom stereocenters. The monoisotopic (exact) mass is 226 g/mol. The summed E-state index contributed by atoms with van der Waals surface area (Å²) in [6, 6.07) is 4.37. The van der Waals surface area contributed by atoms with Crippen LogP contribution in [0.3, 0.4) is 0 Å². The van der Waals surface area contributed by atoms with Gasteiger partial charge < -0.3 is 10.1 Å². The normalized spacial score (nSPS) is 20.5. The third-order valence-corrected chi connectivity index (χ3v) is 2.94. The molecule has 2 heterocycles. The van der Waals surface area contributed by atoms with Crippen LogP contribution in [0.4, 0.5) is 0 Å². The van der Waals surface area contributed by atoms with Gasteiger partial charge in [-0.25, -0.2) is 4.98 Å². The second kappa shape index (κ2) is 4.81. The van der Waals surface area contributed by atoms with Crippen molar-refractivity contribution in [3.63, 3.8) is 0 Å². The summed E-state index contributed by atoms with van der Waals surface area (Å²) in [5.41, 5.74) is 1.13. The molecule has 1 fully saturated rings. The van der Waals surface area contributed by atoms with Crippen LogP contribution in [0.5, 0.6) is 5.88 Å². The molecule has 3 nitrogen and oxygen atoms in total. The minimum absolute atomic E-state index is 0.481. The van der Waals surface area contributed by atoms with Crippen molar-refractivity contribution in [2.45, 2.75) is 25.3 Å². The zero-order valence-corrected chi connectivity index (χ0v) is 9.55. The predicted octanol–water partition coefficient (Wildman–Crippen LogP) is 2.04. The highest BCUT2D eigenvalue weighted by Crippen LogP contribution is 2.22. The van der Waals surface area contributed by atoms with Gasteiger partial charge in [0.2, 0.25) is 5.88 Å². The fourth-order valence-electron chi connectivity index (χ4n) is 1.98. The van der Waals surface area contributed by atoms with Gasteiger partial charge in [-0.3, -0.25) is 0 Å². The Labute approximate surface area is 94.8 Å². The van der Waals surface area contributed by atoms with E-state index in [9.17, 15) is 0 Å². The summed E-state index contributed by atoms with van der Waals surface area (Å²) >= 11 is 5.81. The number of nitrogens with one attached hydrogen (secondary N) is 1. The van der Waals surface area contributed by atoms with Crippen molar-refractivity contribution >= 4 is 11.6 Å². The summed E-state index contributed by atoms with van der Waals surface area (Å²) in [6.45, 7) is 1.12. The number of halogens is 1. The van der Waals surface area contributed by atoms with Crippen molar-refractivity contribution in [1.82, 2.24) is 10.3 Å². The molecule has 0 aromatic carbocycles. The van der Waals surface area contributed by atoms with Gasteiger partial charge in [-0.1, -0.05) is 17.7 Å². The second-order valence-corrected chi connectivity index (χ2v) is 4.19. The maximum atomic E-state index is 5.81. The quantitative estimate of drug-likeness (QED) is 0.801. The lowest BCUT2D eigenvalue weighted by Crippen LogP contribution is -2.23. The number of pyridine rings is 1. The van der Waals surface area contributed by atoms with Crippen molar-refractivity contribution in [2.24, 2.45) is 0 Å².